The maximum atomic E-state index is 11.6. The van der Waals surface area contributed by atoms with E-state index in [2.05, 4.69) is 0 Å². The van der Waals surface area contributed by atoms with Crippen LogP contribution in [0.5, 0.6) is 0 Å². The molecule has 2 fully saturated rings. The Kier molecular flexibility index (Phi) is 2.50. The summed E-state index contributed by atoms with van der Waals surface area (Å²) in [6.45, 7) is 0.210. The predicted molar refractivity (Wildman–Crippen MR) is 53.9 cm³/mol. The van der Waals surface area contributed by atoms with Gasteiger partial charge in [0.15, 0.2) is 9.84 Å². The lowest BCUT2D eigenvalue weighted by atomic mass is 9.78. The van der Waals surface area contributed by atoms with Gasteiger partial charge in [-0.3, -0.25) is 4.79 Å². The van der Waals surface area contributed by atoms with Crippen molar-refractivity contribution in [3.8, 4) is 0 Å². The zero-order valence-corrected chi connectivity index (χ0v) is 9.26. The second-order valence-electron chi connectivity index (χ2n) is 4.45. The van der Waals surface area contributed by atoms with Crippen LogP contribution in [-0.4, -0.2) is 38.5 Å². The van der Waals surface area contributed by atoms with E-state index in [-0.39, 0.29) is 30.4 Å². The molecular weight excluding hydrogens is 218 g/mol. The summed E-state index contributed by atoms with van der Waals surface area (Å²) >= 11 is 0. The summed E-state index contributed by atoms with van der Waals surface area (Å²) < 4.78 is 28.2. The summed E-state index contributed by atoms with van der Waals surface area (Å²) in [6, 6.07) is 0. The SMILES string of the molecule is NCC1OC(=O)CC12CCCS(=O)(=O)C2. The van der Waals surface area contributed by atoms with Gasteiger partial charge in [-0.05, 0) is 12.8 Å². The molecule has 0 aromatic rings. The van der Waals surface area contributed by atoms with Crippen LogP contribution in [0.2, 0.25) is 0 Å². The zero-order chi connectivity index (χ0) is 11.1. The topological polar surface area (TPSA) is 86.5 Å². The summed E-state index contributed by atoms with van der Waals surface area (Å²) in [5.74, 6) is -0.0454. The monoisotopic (exact) mass is 233 g/mol. The number of ether oxygens (including phenoxy) is 1. The third kappa shape index (κ3) is 1.88. The summed E-state index contributed by atoms with van der Waals surface area (Å²) in [6.07, 6.45) is 1.11. The molecule has 0 aliphatic carbocycles. The first-order valence-electron chi connectivity index (χ1n) is 5.07. The Morgan fingerprint density at radius 1 is 1.53 bits per heavy atom. The fourth-order valence-electron chi connectivity index (χ4n) is 2.64. The van der Waals surface area contributed by atoms with Crippen molar-refractivity contribution < 1.29 is 17.9 Å². The van der Waals surface area contributed by atoms with Gasteiger partial charge in [-0.2, -0.15) is 0 Å². The van der Waals surface area contributed by atoms with E-state index in [1.165, 1.54) is 0 Å². The van der Waals surface area contributed by atoms with Gasteiger partial charge in [-0.1, -0.05) is 0 Å². The minimum atomic E-state index is -3.03. The molecule has 2 unspecified atom stereocenters. The molecule has 2 atom stereocenters. The molecule has 0 saturated carbocycles. The van der Waals surface area contributed by atoms with Crippen molar-refractivity contribution in [1.29, 1.82) is 0 Å². The van der Waals surface area contributed by atoms with Gasteiger partial charge in [-0.15, -0.1) is 0 Å². The largest absolute Gasteiger partial charge is 0.460 e. The van der Waals surface area contributed by atoms with Crippen LogP contribution in [0.4, 0.5) is 0 Å². The van der Waals surface area contributed by atoms with Gasteiger partial charge in [0.1, 0.15) is 6.10 Å². The van der Waals surface area contributed by atoms with Gasteiger partial charge in [0.2, 0.25) is 0 Å². The van der Waals surface area contributed by atoms with Crippen LogP contribution in [0, 0.1) is 5.41 Å². The standard InChI is InChI=1S/C9H15NO4S/c10-5-7-9(4-8(11)14-7)2-1-3-15(12,13)6-9/h7H,1-6,10H2. The molecule has 2 heterocycles. The van der Waals surface area contributed by atoms with Gasteiger partial charge in [0, 0.05) is 12.0 Å². The Bertz CT molecular complexity index is 378. The highest BCUT2D eigenvalue weighted by Gasteiger charge is 2.52. The molecule has 0 bridgehead atoms. The van der Waals surface area contributed by atoms with E-state index in [9.17, 15) is 13.2 Å². The highest BCUT2D eigenvalue weighted by molar-refractivity contribution is 7.91. The lowest BCUT2D eigenvalue weighted by Gasteiger charge is -2.34. The molecule has 0 radical (unpaired) electrons. The van der Waals surface area contributed by atoms with Crippen molar-refractivity contribution in [3.63, 3.8) is 0 Å². The zero-order valence-electron chi connectivity index (χ0n) is 8.44. The maximum Gasteiger partial charge on any atom is 0.306 e. The Morgan fingerprint density at radius 2 is 2.27 bits per heavy atom. The Balaban J connectivity index is 2.28. The Morgan fingerprint density at radius 3 is 2.87 bits per heavy atom. The molecule has 1 spiro atoms. The van der Waals surface area contributed by atoms with Crippen molar-refractivity contribution in [1.82, 2.24) is 0 Å². The van der Waals surface area contributed by atoms with E-state index in [1.807, 2.05) is 0 Å². The number of hydrogen-bond acceptors (Lipinski definition) is 5. The van der Waals surface area contributed by atoms with Crippen molar-refractivity contribution in [3.05, 3.63) is 0 Å². The van der Waals surface area contributed by atoms with Gasteiger partial charge in [-0.25, -0.2) is 8.42 Å². The molecule has 2 saturated heterocycles. The van der Waals surface area contributed by atoms with E-state index >= 15 is 0 Å². The Labute approximate surface area is 88.9 Å². The molecule has 15 heavy (non-hydrogen) atoms. The lowest BCUT2D eigenvalue weighted by Crippen LogP contribution is -2.45. The van der Waals surface area contributed by atoms with Crippen LogP contribution in [-0.2, 0) is 19.4 Å². The average Bonchev–Trinajstić information content (AvgIpc) is 2.39. The maximum absolute atomic E-state index is 11.6. The van der Waals surface area contributed by atoms with Crippen LogP contribution in [0.25, 0.3) is 0 Å². The third-order valence-corrected chi connectivity index (χ3v) is 5.23. The van der Waals surface area contributed by atoms with Crippen molar-refractivity contribution in [2.24, 2.45) is 11.1 Å². The Hall–Kier alpha value is -0.620. The fourth-order valence-corrected chi connectivity index (χ4v) is 4.68. The molecule has 2 aliphatic heterocycles. The second-order valence-corrected chi connectivity index (χ2v) is 6.63. The number of carbonyl (C=O) groups excluding carboxylic acids is 1. The smallest absolute Gasteiger partial charge is 0.306 e. The van der Waals surface area contributed by atoms with Gasteiger partial charge in [0.25, 0.3) is 0 Å². The van der Waals surface area contributed by atoms with Crippen LogP contribution in [0.1, 0.15) is 19.3 Å². The van der Waals surface area contributed by atoms with Gasteiger partial charge >= 0.3 is 5.97 Å². The number of hydrogen-bond donors (Lipinski definition) is 1. The second kappa shape index (κ2) is 3.45. The van der Waals surface area contributed by atoms with Gasteiger partial charge < -0.3 is 10.5 Å². The van der Waals surface area contributed by atoms with Gasteiger partial charge in [0.05, 0.1) is 17.9 Å². The molecule has 0 aromatic heterocycles. The minimum Gasteiger partial charge on any atom is -0.460 e. The van der Waals surface area contributed by atoms with E-state index in [0.29, 0.717) is 6.42 Å². The van der Waals surface area contributed by atoms with E-state index in [0.717, 1.165) is 6.42 Å². The molecule has 86 valence electrons. The van der Waals surface area contributed by atoms with E-state index in [1.54, 1.807) is 0 Å². The molecule has 2 N–H and O–H groups in total. The summed E-state index contributed by atoms with van der Waals surface area (Å²) in [5.41, 5.74) is 4.98. The van der Waals surface area contributed by atoms with Crippen LogP contribution >= 0.6 is 0 Å². The number of sulfone groups is 1. The fraction of sp³-hybridized carbons (Fsp3) is 0.889. The summed E-state index contributed by atoms with van der Waals surface area (Å²) in [4.78, 5) is 11.2. The highest BCUT2D eigenvalue weighted by Crippen LogP contribution is 2.43. The number of carbonyl (C=O) groups is 1. The number of nitrogens with two attached hydrogens (primary N) is 1. The van der Waals surface area contributed by atoms with Crippen molar-refractivity contribution in [2.75, 3.05) is 18.1 Å². The van der Waals surface area contributed by atoms with Crippen LogP contribution in [0.3, 0.4) is 0 Å². The molecule has 0 amide bonds. The molecule has 5 nitrogen and oxygen atoms in total. The molecular formula is C9H15NO4S. The molecule has 2 aliphatic rings. The predicted octanol–water partition coefficient (Wildman–Crippen LogP) is -0.544. The third-order valence-electron chi connectivity index (χ3n) is 3.30. The lowest BCUT2D eigenvalue weighted by molar-refractivity contribution is -0.141. The first kappa shape index (κ1) is 10.9. The first-order chi connectivity index (χ1) is 6.97. The first-order valence-corrected chi connectivity index (χ1v) is 6.90. The summed E-state index contributed by atoms with van der Waals surface area (Å²) in [7, 11) is -3.03. The number of cyclic esters (lactones) is 1. The van der Waals surface area contributed by atoms with Crippen molar-refractivity contribution in [2.45, 2.75) is 25.4 Å². The van der Waals surface area contributed by atoms with Crippen molar-refractivity contribution >= 4 is 15.8 Å². The number of esters is 1. The molecule has 0 aromatic carbocycles. The van der Waals surface area contributed by atoms with Crippen LogP contribution in [0.15, 0.2) is 0 Å². The molecule has 2 rings (SSSR count). The van der Waals surface area contributed by atoms with E-state index in [4.69, 9.17) is 10.5 Å². The van der Waals surface area contributed by atoms with E-state index < -0.39 is 21.4 Å². The average molecular weight is 233 g/mol. The highest BCUT2D eigenvalue weighted by atomic mass is 32.2. The normalized spacial score (nSPS) is 39.3. The minimum absolute atomic E-state index is 0.0492. The number of rotatable bonds is 1. The molecule has 6 heteroatoms. The summed E-state index contributed by atoms with van der Waals surface area (Å²) in [5, 5.41) is 0. The van der Waals surface area contributed by atoms with Crippen LogP contribution < -0.4 is 5.73 Å². The quantitative estimate of drug-likeness (QED) is 0.614.